The van der Waals surface area contributed by atoms with Crippen molar-refractivity contribution in [3.05, 3.63) is 18.3 Å². The molecule has 0 amide bonds. The molecule has 0 aliphatic carbocycles. The van der Waals surface area contributed by atoms with Crippen LogP contribution in [0.1, 0.15) is 6.42 Å². The van der Waals surface area contributed by atoms with E-state index in [9.17, 15) is 0 Å². The van der Waals surface area contributed by atoms with E-state index in [4.69, 9.17) is 17.0 Å². The van der Waals surface area contributed by atoms with Gasteiger partial charge in [0.05, 0.1) is 6.54 Å². The predicted octanol–water partition coefficient (Wildman–Crippen LogP) is 1.72. The summed E-state index contributed by atoms with van der Waals surface area (Å²) >= 11 is 6.51. The van der Waals surface area contributed by atoms with E-state index in [1.165, 1.54) is 11.8 Å². The van der Waals surface area contributed by atoms with Gasteiger partial charge in [0.25, 0.3) is 0 Å². The number of thioether (sulfide) groups is 1. The first-order chi connectivity index (χ1) is 7.79. The van der Waals surface area contributed by atoms with Gasteiger partial charge in [-0.25, -0.2) is 0 Å². The maximum atomic E-state index is 5.62. The Morgan fingerprint density at radius 3 is 3.25 bits per heavy atom. The second-order valence-corrected chi connectivity index (χ2v) is 4.92. The van der Waals surface area contributed by atoms with Crippen LogP contribution in [0.4, 0.5) is 5.82 Å². The van der Waals surface area contributed by atoms with E-state index in [1.54, 1.807) is 6.20 Å². The summed E-state index contributed by atoms with van der Waals surface area (Å²) < 4.78 is 6.23. The van der Waals surface area contributed by atoms with E-state index in [0.717, 1.165) is 25.3 Å². The normalized spacial score (nSPS) is 19.8. The van der Waals surface area contributed by atoms with E-state index >= 15 is 0 Å². The lowest BCUT2D eigenvalue weighted by Crippen LogP contribution is -2.24. The zero-order chi connectivity index (χ0) is 11.4. The summed E-state index contributed by atoms with van der Waals surface area (Å²) in [5.41, 5.74) is 0. The molecule has 0 radical (unpaired) electrons. The lowest BCUT2D eigenvalue weighted by atomic mass is 10.3. The van der Waals surface area contributed by atoms with Crippen LogP contribution in [-0.4, -0.2) is 40.0 Å². The molecule has 86 valence electrons. The van der Waals surface area contributed by atoms with Crippen LogP contribution in [0.15, 0.2) is 18.3 Å². The van der Waals surface area contributed by atoms with Crippen molar-refractivity contribution >= 4 is 34.2 Å². The number of aromatic nitrogens is 2. The first-order valence-corrected chi connectivity index (χ1v) is 6.70. The molecule has 2 heterocycles. The highest BCUT2D eigenvalue weighted by atomic mass is 32.2. The fourth-order valence-electron chi connectivity index (χ4n) is 1.68. The molecule has 4 nitrogen and oxygen atoms in total. The summed E-state index contributed by atoms with van der Waals surface area (Å²) in [7, 11) is 0. The number of nitrogens with zero attached hydrogens (tertiary/aromatic N) is 3. The summed E-state index contributed by atoms with van der Waals surface area (Å²) in [6, 6.07) is 3.85. The van der Waals surface area contributed by atoms with Crippen LogP contribution < -0.4 is 4.90 Å². The van der Waals surface area contributed by atoms with Crippen LogP contribution in [-0.2, 0) is 4.74 Å². The van der Waals surface area contributed by atoms with Crippen LogP contribution in [0.25, 0.3) is 0 Å². The van der Waals surface area contributed by atoms with Crippen molar-refractivity contribution in [2.45, 2.75) is 12.5 Å². The molecule has 1 aromatic heterocycles. The van der Waals surface area contributed by atoms with Gasteiger partial charge in [0.2, 0.25) is 4.38 Å². The average molecular weight is 255 g/mol. The number of rotatable bonds is 2. The Morgan fingerprint density at radius 2 is 2.56 bits per heavy atom. The van der Waals surface area contributed by atoms with Crippen LogP contribution in [0.3, 0.4) is 0 Å². The summed E-state index contributed by atoms with van der Waals surface area (Å²) in [6.45, 7) is 1.78. The van der Waals surface area contributed by atoms with Gasteiger partial charge in [0.1, 0.15) is 6.10 Å². The highest BCUT2D eigenvalue weighted by molar-refractivity contribution is 8.22. The van der Waals surface area contributed by atoms with Gasteiger partial charge in [-0.2, -0.15) is 5.10 Å². The van der Waals surface area contributed by atoms with E-state index in [1.807, 2.05) is 18.4 Å². The van der Waals surface area contributed by atoms with Crippen LogP contribution in [0, 0.1) is 0 Å². The molecule has 1 fully saturated rings. The summed E-state index contributed by atoms with van der Waals surface area (Å²) in [5, 5.41) is 7.95. The largest absolute Gasteiger partial charge is 0.473 e. The molecule has 2 rings (SSSR count). The minimum atomic E-state index is 0.182. The van der Waals surface area contributed by atoms with Crippen molar-refractivity contribution in [3.63, 3.8) is 0 Å². The second-order valence-electron chi connectivity index (χ2n) is 3.51. The van der Waals surface area contributed by atoms with Crippen molar-refractivity contribution in [1.82, 2.24) is 10.2 Å². The lowest BCUT2D eigenvalue weighted by Gasteiger charge is -2.16. The SMILES string of the molecule is CSC(=S)OC1CCN(c2cccnn2)C1. The minimum absolute atomic E-state index is 0.182. The standard InChI is InChI=1S/C10H13N3OS2/c1-16-10(15)14-8-4-6-13(7-8)9-3-2-5-11-12-9/h2-3,5,8H,4,6-7H2,1H3. The third-order valence-electron chi connectivity index (χ3n) is 2.46. The molecule has 1 aromatic rings. The molecule has 0 bridgehead atoms. The third kappa shape index (κ3) is 2.82. The maximum absolute atomic E-state index is 5.62. The molecular weight excluding hydrogens is 242 g/mol. The zero-order valence-corrected chi connectivity index (χ0v) is 10.6. The molecule has 0 N–H and O–H groups in total. The van der Waals surface area contributed by atoms with Crippen molar-refractivity contribution in [1.29, 1.82) is 0 Å². The Balaban J connectivity index is 1.91. The molecule has 1 aliphatic rings. The van der Waals surface area contributed by atoms with Crippen molar-refractivity contribution < 1.29 is 4.74 Å². The third-order valence-corrected chi connectivity index (χ3v) is 3.48. The van der Waals surface area contributed by atoms with Gasteiger partial charge in [0.15, 0.2) is 5.82 Å². The summed E-state index contributed by atoms with van der Waals surface area (Å²) in [4.78, 5) is 2.17. The average Bonchev–Trinajstić information content (AvgIpc) is 2.78. The molecule has 1 saturated heterocycles. The lowest BCUT2D eigenvalue weighted by molar-refractivity contribution is 0.225. The van der Waals surface area contributed by atoms with E-state index in [0.29, 0.717) is 4.38 Å². The van der Waals surface area contributed by atoms with Gasteiger partial charge in [0, 0.05) is 19.2 Å². The Bertz CT molecular complexity index is 360. The Labute approximate surface area is 104 Å². The number of hydrogen-bond acceptors (Lipinski definition) is 6. The maximum Gasteiger partial charge on any atom is 0.220 e. The van der Waals surface area contributed by atoms with E-state index in [-0.39, 0.29) is 6.10 Å². The summed E-state index contributed by atoms with van der Waals surface area (Å²) in [5.74, 6) is 0.906. The first kappa shape index (κ1) is 11.6. The molecule has 6 heteroatoms. The fraction of sp³-hybridized carbons (Fsp3) is 0.500. The predicted molar refractivity (Wildman–Crippen MR) is 69.8 cm³/mol. The Morgan fingerprint density at radius 1 is 1.69 bits per heavy atom. The highest BCUT2D eigenvalue weighted by Gasteiger charge is 2.25. The zero-order valence-electron chi connectivity index (χ0n) is 9.00. The Hall–Kier alpha value is -0.880. The molecule has 0 aromatic carbocycles. The quantitative estimate of drug-likeness (QED) is 0.749. The number of hydrogen-bond donors (Lipinski definition) is 0. The van der Waals surface area contributed by atoms with Gasteiger partial charge < -0.3 is 9.64 Å². The van der Waals surface area contributed by atoms with Crippen molar-refractivity contribution in [2.24, 2.45) is 0 Å². The molecule has 0 saturated carbocycles. The molecular formula is C10H13N3OS2. The van der Waals surface area contributed by atoms with Gasteiger partial charge in [-0.15, -0.1) is 5.10 Å². The smallest absolute Gasteiger partial charge is 0.220 e. The second kappa shape index (κ2) is 5.45. The number of thiocarbonyl (C=S) groups is 1. The number of anilines is 1. The monoisotopic (exact) mass is 255 g/mol. The van der Waals surface area contributed by atoms with E-state index < -0.39 is 0 Å². The fourth-order valence-corrected chi connectivity index (χ4v) is 2.05. The minimum Gasteiger partial charge on any atom is -0.473 e. The van der Waals surface area contributed by atoms with Gasteiger partial charge >= 0.3 is 0 Å². The molecule has 1 unspecified atom stereocenters. The van der Waals surface area contributed by atoms with Crippen LogP contribution >= 0.6 is 24.0 Å². The molecule has 1 atom stereocenters. The number of ether oxygens (including phenoxy) is 1. The molecule has 0 spiro atoms. The van der Waals surface area contributed by atoms with Crippen molar-refractivity contribution in [3.8, 4) is 0 Å². The van der Waals surface area contributed by atoms with Gasteiger partial charge in [-0.05, 0) is 30.6 Å². The van der Waals surface area contributed by atoms with Gasteiger partial charge in [-0.1, -0.05) is 11.8 Å². The van der Waals surface area contributed by atoms with Gasteiger partial charge in [-0.3, -0.25) is 0 Å². The van der Waals surface area contributed by atoms with Crippen LogP contribution in [0.2, 0.25) is 0 Å². The van der Waals surface area contributed by atoms with E-state index in [2.05, 4.69) is 15.1 Å². The topological polar surface area (TPSA) is 38.2 Å². The highest BCUT2D eigenvalue weighted by Crippen LogP contribution is 2.20. The van der Waals surface area contributed by atoms with Crippen molar-refractivity contribution in [2.75, 3.05) is 24.2 Å². The Kier molecular flexibility index (Phi) is 3.95. The molecule has 16 heavy (non-hydrogen) atoms. The molecule has 1 aliphatic heterocycles. The summed E-state index contributed by atoms with van der Waals surface area (Å²) in [6.07, 6.45) is 4.77. The first-order valence-electron chi connectivity index (χ1n) is 5.07. The van der Waals surface area contributed by atoms with Crippen LogP contribution in [0.5, 0.6) is 0 Å².